The summed E-state index contributed by atoms with van der Waals surface area (Å²) in [6, 6.07) is 15.8. The Morgan fingerprint density at radius 2 is 1.87 bits per heavy atom. The molecule has 0 unspecified atom stereocenters. The van der Waals surface area contributed by atoms with Crippen LogP contribution in [0.4, 0.5) is 5.82 Å². The van der Waals surface area contributed by atoms with Crippen molar-refractivity contribution < 1.29 is 13.7 Å². The zero-order valence-electron chi connectivity index (χ0n) is 21.7. The summed E-state index contributed by atoms with van der Waals surface area (Å²) < 4.78 is 30.7. The minimum atomic E-state index is -2.27. The van der Waals surface area contributed by atoms with E-state index in [4.69, 9.17) is 14.5 Å². The molecule has 0 atom stereocenters. The largest absolute Gasteiger partial charge is 0.497 e. The fraction of sp³-hybridized carbons (Fsp3) is 0.321. The van der Waals surface area contributed by atoms with Crippen LogP contribution in [0.2, 0.25) is 0 Å². The van der Waals surface area contributed by atoms with Gasteiger partial charge in [-0.3, -0.25) is 0 Å². The second kappa shape index (κ2) is 10.7. The Bertz CT molecular complexity index is 1580. The first-order chi connectivity index (χ1) is 18.4. The summed E-state index contributed by atoms with van der Waals surface area (Å²) in [5, 5.41) is 13.9. The van der Waals surface area contributed by atoms with Crippen LogP contribution in [0.3, 0.4) is 0 Å². The number of nitriles is 1. The molecule has 1 saturated heterocycles. The smallest absolute Gasteiger partial charge is 0.138 e. The van der Waals surface area contributed by atoms with E-state index in [9.17, 15) is 9.47 Å². The maximum absolute atomic E-state index is 13.3. The van der Waals surface area contributed by atoms with Crippen molar-refractivity contribution >= 4 is 21.1 Å². The molecule has 0 amide bonds. The van der Waals surface area contributed by atoms with Crippen molar-refractivity contribution in [2.75, 3.05) is 36.6 Å². The van der Waals surface area contributed by atoms with Crippen LogP contribution < -0.4 is 14.4 Å². The number of aromatic nitrogens is 3. The number of nitrogens with zero attached hydrogens (tertiary/aromatic N) is 6. The molecule has 0 spiro atoms. The zero-order valence-corrected chi connectivity index (χ0v) is 22.5. The van der Waals surface area contributed by atoms with Gasteiger partial charge in [-0.2, -0.15) is 10.4 Å². The van der Waals surface area contributed by atoms with E-state index in [0.29, 0.717) is 48.0 Å². The van der Waals surface area contributed by atoms with Gasteiger partial charge in [0, 0.05) is 41.9 Å². The first-order valence-electron chi connectivity index (χ1n) is 12.5. The van der Waals surface area contributed by atoms with Gasteiger partial charge >= 0.3 is 0 Å². The summed E-state index contributed by atoms with van der Waals surface area (Å²) in [5.74, 6) is 3.29. The number of benzene rings is 1. The minimum absolute atomic E-state index is 0.00380. The summed E-state index contributed by atoms with van der Waals surface area (Å²) in [5.41, 5.74) is 3.91. The van der Waals surface area contributed by atoms with Crippen molar-refractivity contribution in [3.05, 3.63) is 72.2 Å². The minimum Gasteiger partial charge on any atom is -0.497 e. The number of methoxy groups -OCH3 is 1. The van der Waals surface area contributed by atoms with Crippen LogP contribution in [0.1, 0.15) is 25.0 Å². The number of hydrogen-bond acceptors (Lipinski definition) is 8. The number of pyridine rings is 2. The van der Waals surface area contributed by atoms with Gasteiger partial charge < -0.3 is 14.4 Å². The van der Waals surface area contributed by atoms with Crippen molar-refractivity contribution in [3.8, 4) is 28.7 Å². The van der Waals surface area contributed by atoms with Gasteiger partial charge in [-0.15, -0.1) is 0 Å². The molecule has 4 aromatic rings. The van der Waals surface area contributed by atoms with Crippen LogP contribution in [0, 0.1) is 11.3 Å². The molecule has 0 saturated carbocycles. The van der Waals surface area contributed by atoms with Crippen LogP contribution in [0.5, 0.6) is 11.5 Å². The van der Waals surface area contributed by atoms with Gasteiger partial charge in [0.2, 0.25) is 0 Å². The maximum atomic E-state index is 13.3. The Labute approximate surface area is 222 Å². The van der Waals surface area contributed by atoms with Crippen molar-refractivity contribution in [2.24, 2.45) is 4.36 Å². The second-order valence-electron chi connectivity index (χ2n) is 9.43. The van der Waals surface area contributed by atoms with Gasteiger partial charge in [0.1, 0.15) is 23.4 Å². The van der Waals surface area contributed by atoms with E-state index in [-0.39, 0.29) is 6.10 Å². The standard InChI is InChI=1S/C28H30N6O3S/c1-20(2)37-25-14-26(28-23(15-29)18-31-34(28)19-25)22-6-9-27(30-17-22)33-10-12-38(35,13-11-33)32-16-21-4-7-24(36-3)8-5-21/h4-9,14,17-20H,10-13,16H2,1-3H3. The highest BCUT2D eigenvalue weighted by Gasteiger charge is 2.22. The van der Waals surface area contributed by atoms with E-state index in [0.717, 1.165) is 28.3 Å². The van der Waals surface area contributed by atoms with Gasteiger partial charge in [-0.05, 0) is 49.7 Å². The van der Waals surface area contributed by atoms with E-state index in [1.54, 1.807) is 30.2 Å². The normalized spacial score (nSPS) is 14.9. The predicted molar refractivity (Wildman–Crippen MR) is 148 cm³/mol. The van der Waals surface area contributed by atoms with Crippen molar-refractivity contribution in [2.45, 2.75) is 26.5 Å². The molecule has 1 aliphatic rings. The molecule has 1 aliphatic heterocycles. The highest BCUT2D eigenvalue weighted by Crippen LogP contribution is 2.32. The van der Waals surface area contributed by atoms with Crippen LogP contribution in [-0.4, -0.2) is 56.6 Å². The molecule has 0 bridgehead atoms. The van der Waals surface area contributed by atoms with E-state index in [2.05, 4.69) is 20.4 Å². The summed E-state index contributed by atoms with van der Waals surface area (Å²) in [4.78, 5) is 6.85. The molecule has 1 aromatic carbocycles. The fourth-order valence-electron chi connectivity index (χ4n) is 4.47. The molecule has 0 radical (unpaired) electrons. The first kappa shape index (κ1) is 25.5. The number of rotatable bonds is 7. The van der Waals surface area contributed by atoms with E-state index in [1.807, 2.05) is 56.3 Å². The molecule has 1 fully saturated rings. The molecular formula is C28H30N6O3S. The zero-order chi connectivity index (χ0) is 26.7. The number of ether oxygens (including phenoxy) is 2. The Balaban J connectivity index is 1.32. The monoisotopic (exact) mass is 530 g/mol. The van der Waals surface area contributed by atoms with E-state index >= 15 is 0 Å². The Morgan fingerprint density at radius 1 is 1.11 bits per heavy atom. The number of hydrogen-bond donors (Lipinski definition) is 0. The van der Waals surface area contributed by atoms with Crippen LogP contribution in [0.15, 0.2) is 65.4 Å². The van der Waals surface area contributed by atoms with E-state index in [1.165, 1.54) is 0 Å². The lowest BCUT2D eigenvalue weighted by Crippen LogP contribution is -2.40. The highest BCUT2D eigenvalue weighted by atomic mass is 32.2. The molecule has 5 rings (SSSR count). The lowest BCUT2D eigenvalue weighted by molar-refractivity contribution is 0.241. The molecule has 10 heteroatoms. The lowest BCUT2D eigenvalue weighted by Gasteiger charge is -2.29. The SMILES string of the molecule is COc1ccc(CN=S2(=O)CCN(c3ccc(-c4cc(OC(C)C)cn5ncc(C#N)c45)cn3)CC2)cc1. The predicted octanol–water partition coefficient (Wildman–Crippen LogP) is 4.55. The van der Waals surface area contributed by atoms with Crippen LogP contribution in [-0.2, 0) is 16.3 Å². The summed E-state index contributed by atoms with van der Waals surface area (Å²) >= 11 is 0. The molecular weight excluding hydrogens is 500 g/mol. The number of anilines is 1. The summed E-state index contributed by atoms with van der Waals surface area (Å²) in [6.07, 6.45) is 5.15. The third-order valence-corrected chi connectivity index (χ3v) is 8.70. The molecule has 196 valence electrons. The Hall–Kier alpha value is -4.10. The van der Waals surface area contributed by atoms with Crippen molar-refractivity contribution in [1.29, 1.82) is 5.26 Å². The summed E-state index contributed by atoms with van der Waals surface area (Å²) in [6.45, 7) is 5.62. The summed E-state index contributed by atoms with van der Waals surface area (Å²) in [7, 11) is -0.632. The van der Waals surface area contributed by atoms with Crippen LogP contribution in [0.25, 0.3) is 16.6 Å². The quantitative estimate of drug-likeness (QED) is 0.345. The third-order valence-electron chi connectivity index (χ3n) is 6.46. The Morgan fingerprint density at radius 3 is 2.50 bits per heavy atom. The van der Waals surface area contributed by atoms with Gasteiger partial charge in [0.25, 0.3) is 0 Å². The molecule has 3 aromatic heterocycles. The van der Waals surface area contributed by atoms with Gasteiger partial charge in [0.15, 0.2) is 0 Å². The van der Waals surface area contributed by atoms with Crippen molar-refractivity contribution in [3.63, 3.8) is 0 Å². The molecule has 9 nitrogen and oxygen atoms in total. The molecule has 4 heterocycles. The van der Waals surface area contributed by atoms with Gasteiger partial charge in [-0.1, -0.05) is 12.1 Å². The van der Waals surface area contributed by atoms with E-state index < -0.39 is 9.73 Å². The van der Waals surface area contributed by atoms with Crippen LogP contribution >= 0.6 is 0 Å². The highest BCUT2D eigenvalue weighted by molar-refractivity contribution is 7.93. The first-order valence-corrected chi connectivity index (χ1v) is 14.3. The van der Waals surface area contributed by atoms with Gasteiger partial charge in [0.05, 0.1) is 53.0 Å². The topological polar surface area (TPSA) is 105 Å². The van der Waals surface area contributed by atoms with Crippen molar-refractivity contribution in [1.82, 2.24) is 14.6 Å². The molecule has 0 N–H and O–H groups in total. The maximum Gasteiger partial charge on any atom is 0.138 e. The lowest BCUT2D eigenvalue weighted by atomic mass is 10.1. The van der Waals surface area contributed by atoms with Gasteiger partial charge in [-0.25, -0.2) is 18.1 Å². The molecule has 38 heavy (non-hydrogen) atoms. The third kappa shape index (κ3) is 5.43. The average Bonchev–Trinajstić information content (AvgIpc) is 3.35. The second-order valence-corrected chi connectivity index (χ2v) is 12.0. The number of fused-ring (bicyclic) bond motifs is 1. The molecule has 0 aliphatic carbocycles. The average molecular weight is 531 g/mol. The Kier molecular flexibility index (Phi) is 7.20. The fourth-order valence-corrected chi connectivity index (χ4v) is 6.33.